The summed E-state index contributed by atoms with van der Waals surface area (Å²) in [7, 11) is 0. The maximum Gasteiger partial charge on any atom is 0.242 e. The van der Waals surface area contributed by atoms with Crippen molar-refractivity contribution in [2.24, 2.45) is 23.2 Å². The van der Waals surface area contributed by atoms with Crippen LogP contribution < -0.4 is 0 Å². The third-order valence-corrected chi connectivity index (χ3v) is 4.90. The van der Waals surface area contributed by atoms with Crippen LogP contribution in [0.5, 0.6) is 0 Å². The Morgan fingerprint density at radius 1 is 1.33 bits per heavy atom. The third-order valence-electron chi connectivity index (χ3n) is 4.57. The molecule has 0 aliphatic heterocycles. The average molecular weight is 184 g/mol. The molecule has 3 saturated carbocycles. The molecule has 2 heteroatoms. The van der Waals surface area contributed by atoms with Gasteiger partial charge in [0.25, 0.3) is 0 Å². The van der Waals surface area contributed by atoms with Gasteiger partial charge in [0, 0.05) is 0 Å². The van der Waals surface area contributed by atoms with Crippen molar-refractivity contribution < 1.29 is 0 Å². The van der Waals surface area contributed by atoms with Crippen molar-refractivity contribution in [3.63, 3.8) is 0 Å². The Kier molecular flexibility index (Phi) is 1.99. The van der Waals surface area contributed by atoms with Crippen LogP contribution >= 0.6 is 11.5 Å². The number of hydrogen-bond acceptors (Lipinski definition) is 0. The highest BCUT2D eigenvalue weighted by Crippen LogP contribution is 2.64. The first-order valence-electron chi connectivity index (χ1n) is 5.01. The molecule has 1 radical (unpaired) electrons. The molecule has 0 unspecified atom stereocenters. The van der Waals surface area contributed by atoms with Gasteiger partial charge in [0.05, 0.1) is 0 Å². The van der Waals surface area contributed by atoms with E-state index >= 15 is 0 Å². The fraction of sp³-hybridized carbons (Fsp3) is 1.00. The molecule has 2 bridgehead atoms. The van der Waals surface area contributed by atoms with E-state index in [9.17, 15) is 0 Å². The van der Waals surface area contributed by atoms with E-state index in [4.69, 9.17) is 11.5 Å². The summed E-state index contributed by atoms with van der Waals surface area (Å²) in [6, 6.07) is 0. The van der Waals surface area contributed by atoms with Gasteiger partial charge in [-0.3, -0.25) is 0 Å². The maximum atomic E-state index is 5.83. The Morgan fingerprint density at radius 2 is 2.00 bits per heavy atom. The van der Waals surface area contributed by atoms with Crippen molar-refractivity contribution in [2.45, 2.75) is 39.4 Å². The van der Waals surface area contributed by atoms with E-state index in [2.05, 4.69) is 20.8 Å². The van der Waals surface area contributed by atoms with Crippen LogP contribution in [0.25, 0.3) is 0 Å². The zero-order valence-electron chi connectivity index (χ0n) is 8.18. The highest BCUT2D eigenvalue weighted by Gasteiger charge is 2.55. The molecule has 0 spiro atoms. The molecule has 0 N–H and O–H groups in total. The predicted octanol–water partition coefficient (Wildman–Crippen LogP) is 3.34. The zero-order valence-corrected chi connectivity index (χ0v) is 8.93. The molecule has 3 aliphatic rings. The van der Waals surface area contributed by atoms with Crippen LogP contribution in [0.4, 0.5) is 0 Å². The van der Waals surface area contributed by atoms with Crippen molar-refractivity contribution in [1.82, 2.24) is 0 Å². The van der Waals surface area contributed by atoms with Crippen LogP contribution in [0.2, 0.25) is 5.82 Å². The van der Waals surface area contributed by atoms with Gasteiger partial charge in [-0.15, -0.1) is 0 Å². The van der Waals surface area contributed by atoms with Crippen molar-refractivity contribution in [3.05, 3.63) is 0 Å². The van der Waals surface area contributed by atoms with E-state index in [0.717, 1.165) is 17.8 Å². The van der Waals surface area contributed by atoms with Gasteiger partial charge in [-0.1, -0.05) is 27.2 Å². The summed E-state index contributed by atoms with van der Waals surface area (Å²) in [5.74, 6) is 3.36. The number of hydrogen-bond donors (Lipinski definition) is 0. The lowest BCUT2D eigenvalue weighted by atomic mass is 9.41. The molecule has 0 amide bonds. The lowest BCUT2D eigenvalue weighted by Gasteiger charge is -2.62. The largest absolute Gasteiger partial charge is 0.242 e. The Labute approximate surface area is 81.2 Å². The quantitative estimate of drug-likeness (QED) is 0.547. The molecule has 67 valence electrons. The molecule has 3 aliphatic carbocycles. The van der Waals surface area contributed by atoms with E-state index in [1.807, 2.05) is 6.69 Å². The van der Waals surface area contributed by atoms with Gasteiger partial charge < -0.3 is 0 Å². The van der Waals surface area contributed by atoms with Gasteiger partial charge in [-0.05, 0) is 35.4 Å². The summed E-state index contributed by atoms with van der Waals surface area (Å²) >= 11 is 5.83. The molecule has 0 nitrogen and oxygen atoms in total. The van der Waals surface area contributed by atoms with Crippen molar-refractivity contribution in [2.75, 3.05) is 0 Å². The lowest BCUT2D eigenvalue weighted by molar-refractivity contribution is -0.0982. The Hall–Kier alpha value is 0.355. The first-order chi connectivity index (χ1) is 5.57. The summed E-state index contributed by atoms with van der Waals surface area (Å²) in [5.41, 5.74) is 0.607. The van der Waals surface area contributed by atoms with Crippen LogP contribution in [-0.4, -0.2) is 6.69 Å². The van der Waals surface area contributed by atoms with Gasteiger partial charge in [0.15, 0.2) is 0 Å². The summed E-state index contributed by atoms with van der Waals surface area (Å²) in [4.78, 5) is 0. The van der Waals surface area contributed by atoms with E-state index in [1.54, 1.807) is 0 Å². The molecule has 3 rings (SSSR count). The average Bonchev–Trinajstić information content (AvgIpc) is 2.03. The minimum absolute atomic E-state index is 0.607. The monoisotopic (exact) mass is 183 g/mol. The van der Waals surface area contributed by atoms with Crippen LogP contribution in [0.1, 0.15) is 33.6 Å². The Bertz CT molecular complexity index is 190. The fourth-order valence-electron chi connectivity index (χ4n) is 3.36. The van der Waals surface area contributed by atoms with Gasteiger partial charge in [-0.2, -0.15) is 0 Å². The zero-order chi connectivity index (χ0) is 8.93. The highest BCUT2D eigenvalue weighted by molar-refractivity contribution is 6.94. The second-order valence-corrected chi connectivity index (χ2v) is 5.50. The van der Waals surface area contributed by atoms with E-state index in [-0.39, 0.29) is 0 Å². The summed E-state index contributed by atoms with van der Waals surface area (Å²) in [6.07, 6.45) is 2.78. The van der Waals surface area contributed by atoms with Gasteiger partial charge >= 0.3 is 0 Å². The summed E-state index contributed by atoms with van der Waals surface area (Å²) in [6.45, 7) is 9.12. The first-order valence-corrected chi connectivity index (χ1v) is 5.44. The standard InChI is InChI=1S/C10H17BCl/c1-6-8-4-7(10(8,2)3)5-9(6)11-12/h6-9H,4-5H2,1-3H3/t6-,7-,8+,9-/m1/s1. The van der Waals surface area contributed by atoms with Gasteiger partial charge in [-0.25, -0.2) is 11.5 Å². The molecular weight excluding hydrogens is 166 g/mol. The van der Waals surface area contributed by atoms with Crippen LogP contribution in [0.15, 0.2) is 0 Å². The number of rotatable bonds is 1. The van der Waals surface area contributed by atoms with Crippen molar-refractivity contribution in [1.29, 1.82) is 0 Å². The van der Waals surface area contributed by atoms with Crippen molar-refractivity contribution in [3.8, 4) is 0 Å². The molecule has 4 atom stereocenters. The molecule has 0 aromatic rings. The number of fused-ring (bicyclic) bond motifs is 2. The van der Waals surface area contributed by atoms with Crippen LogP contribution in [0.3, 0.4) is 0 Å². The second kappa shape index (κ2) is 2.67. The molecule has 0 heterocycles. The van der Waals surface area contributed by atoms with Crippen LogP contribution in [0, 0.1) is 23.2 Å². The Morgan fingerprint density at radius 3 is 2.42 bits per heavy atom. The van der Waals surface area contributed by atoms with Gasteiger partial charge in [0.1, 0.15) is 0 Å². The summed E-state index contributed by atoms with van der Waals surface area (Å²) in [5, 5.41) is 0. The van der Waals surface area contributed by atoms with E-state index < -0.39 is 0 Å². The molecule has 0 aromatic carbocycles. The minimum atomic E-state index is 0.607. The fourth-order valence-corrected chi connectivity index (χ4v) is 3.69. The smallest absolute Gasteiger partial charge is 0.204 e. The third kappa shape index (κ3) is 0.983. The molecule has 12 heavy (non-hydrogen) atoms. The van der Waals surface area contributed by atoms with E-state index in [0.29, 0.717) is 11.2 Å². The topological polar surface area (TPSA) is 0 Å². The number of halogens is 1. The molecule has 0 aromatic heterocycles. The van der Waals surface area contributed by atoms with E-state index in [1.165, 1.54) is 12.8 Å². The normalized spacial score (nSPS) is 49.7. The SMILES string of the molecule is C[C@H]1[C@H]([B]Cl)C[C@H]2C[C@@H]1C2(C)C. The molecular formula is C10H17BCl. The maximum absolute atomic E-state index is 5.83. The minimum Gasteiger partial charge on any atom is -0.204 e. The predicted molar refractivity (Wildman–Crippen MR) is 54.5 cm³/mol. The van der Waals surface area contributed by atoms with Crippen LogP contribution in [-0.2, 0) is 0 Å². The summed E-state index contributed by atoms with van der Waals surface area (Å²) < 4.78 is 0. The van der Waals surface area contributed by atoms with Gasteiger partial charge in [0.2, 0.25) is 6.69 Å². The highest BCUT2D eigenvalue weighted by atomic mass is 35.5. The van der Waals surface area contributed by atoms with Crippen molar-refractivity contribution >= 4 is 18.2 Å². The first kappa shape index (κ1) is 8.93. The second-order valence-electron chi connectivity index (χ2n) is 5.25. The Balaban J connectivity index is 2.11. The molecule has 3 fully saturated rings. The lowest BCUT2D eigenvalue weighted by Crippen LogP contribution is -2.54. The molecule has 0 saturated heterocycles.